The molecule has 1 aliphatic heterocycles. The van der Waals surface area contributed by atoms with Crippen molar-refractivity contribution in [3.8, 4) is 0 Å². The maximum Gasteiger partial charge on any atom is 0.251 e. The van der Waals surface area contributed by atoms with Crippen molar-refractivity contribution >= 4 is 11.8 Å². The number of carbonyl (C=O) groups excluding carboxylic acids is 2. The van der Waals surface area contributed by atoms with Gasteiger partial charge < -0.3 is 15.0 Å². The van der Waals surface area contributed by atoms with Gasteiger partial charge in [0.2, 0.25) is 5.91 Å². The average molecular weight is 429 g/mol. The second kappa shape index (κ2) is 10.7. The first-order valence-electron chi connectivity index (χ1n) is 11.0. The molecular formula is C27H28N2O3. The largest absolute Gasteiger partial charge is 0.372 e. The number of nitrogens with one attached hydrogen (secondary N) is 1. The van der Waals surface area contributed by atoms with Gasteiger partial charge in [-0.2, -0.15) is 0 Å². The van der Waals surface area contributed by atoms with Gasteiger partial charge >= 0.3 is 0 Å². The van der Waals surface area contributed by atoms with Crippen LogP contribution in [-0.2, 0) is 35.8 Å². The van der Waals surface area contributed by atoms with Crippen molar-refractivity contribution in [1.82, 2.24) is 10.2 Å². The Labute approximate surface area is 189 Å². The van der Waals surface area contributed by atoms with Crippen molar-refractivity contribution in [2.45, 2.75) is 39.1 Å². The van der Waals surface area contributed by atoms with Crippen molar-refractivity contribution in [2.24, 2.45) is 0 Å². The summed E-state index contributed by atoms with van der Waals surface area (Å²) in [4.78, 5) is 26.3. The molecular weight excluding hydrogens is 400 g/mol. The Kier molecular flexibility index (Phi) is 7.31. The van der Waals surface area contributed by atoms with Crippen LogP contribution < -0.4 is 5.32 Å². The van der Waals surface area contributed by atoms with Gasteiger partial charge in [-0.3, -0.25) is 9.59 Å². The van der Waals surface area contributed by atoms with Gasteiger partial charge in [0.1, 0.15) is 0 Å². The topological polar surface area (TPSA) is 58.6 Å². The molecule has 5 nitrogen and oxygen atoms in total. The molecule has 0 saturated carbocycles. The van der Waals surface area contributed by atoms with Crippen LogP contribution in [0.4, 0.5) is 0 Å². The lowest BCUT2D eigenvalue weighted by molar-refractivity contribution is -0.128. The van der Waals surface area contributed by atoms with Crippen molar-refractivity contribution in [3.63, 3.8) is 0 Å². The lowest BCUT2D eigenvalue weighted by Gasteiger charge is -2.16. The first-order valence-corrected chi connectivity index (χ1v) is 11.0. The minimum absolute atomic E-state index is 0.116. The van der Waals surface area contributed by atoms with Crippen LogP contribution in [0.15, 0.2) is 78.9 Å². The van der Waals surface area contributed by atoms with Gasteiger partial charge in [0.25, 0.3) is 5.91 Å². The fourth-order valence-electron chi connectivity index (χ4n) is 3.80. The molecule has 3 aromatic carbocycles. The molecule has 2 amide bonds. The van der Waals surface area contributed by atoms with E-state index in [2.05, 4.69) is 5.32 Å². The fourth-order valence-corrected chi connectivity index (χ4v) is 3.80. The minimum Gasteiger partial charge on any atom is -0.372 e. The second-order valence-corrected chi connectivity index (χ2v) is 8.10. The van der Waals surface area contributed by atoms with Crippen LogP contribution in [0.5, 0.6) is 0 Å². The summed E-state index contributed by atoms with van der Waals surface area (Å²) in [7, 11) is 0. The van der Waals surface area contributed by atoms with Gasteiger partial charge in [-0.15, -0.1) is 0 Å². The van der Waals surface area contributed by atoms with Gasteiger partial charge in [0.05, 0.1) is 13.2 Å². The number of hydrogen-bond acceptors (Lipinski definition) is 3. The number of amides is 2. The first-order chi connectivity index (χ1) is 15.7. The summed E-state index contributed by atoms with van der Waals surface area (Å²) in [6.07, 6.45) is 1.54. The average Bonchev–Trinajstić information content (AvgIpc) is 3.23. The smallest absolute Gasteiger partial charge is 0.251 e. The summed E-state index contributed by atoms with van der Waals surface area (Å²) in [5.41, 5.74) is 4.87. The molecule has 0 aromatic heterocycles. The molecule has 3 aromatic rings. The highest BCUT2D eigenvalue weighted by Crippen LogP contribution is 2.15. The zero-order chi connectivity index (χ0) is 22.2. The normalized spacial score (nSPS) is 13.4. The zero-order valence-corrected chi connectivity index (χ0v) is 18.1. The monoisotopic (exact) mass is 428 g/mol. The zero-order valence-electron chi connectivity index (χ0n) is 18.1. The maximum atomic E-state index is 12.6. The van der Waals surface area contributed by atoms with Crippen LogP contribution in [0.3, 0.4) is 0 Å². The van der Waals surface area contributed by atoms with E-state index < -0.39 is 0 Å². The van der Waals surface area contributed by atoms with Crippen LogP contribution >= 0.6 is 0 Å². The second-order valence-electron chi connectivity index (χ2n) is 8.10. The third-order valence-corrected chi connectivity index (χ3v) is 5.59. The number of hydrogen-bond donors (Lipinski definition) is 1. The molecule has 0 radical (unpaired) electrons. The molecule has 0 unspecified atom stereocenters. The summed E-state index contributed by atoms with van der Waals surface area (Å²) in [6.45, 7) is 2.95. The molecule has 1 aliphatic rings. The number of rotatable bonds is 9. The van der Waals surface area contributed by atoms with E-state index >= 15 is 0 Å². The van der Waals surface area contributed by atoms with E-state index in [0.29, 0.717) is 38.3 Å². The molecule has 32 heavy (non-hydrogen) atoms. The van der Waals surface area contributed by atoms with Gasteiger partial charge in [-0.25, -0.2) is 0 Å². The predicted octanol–water partition coefficient (Wildman–Crippen LogP) is 4.46. The summed E-state index contributed by atoms with van der Waals surface area (Å²) in [5.74, 6) is 0.0728. The third-order valence-electron chi connectivity index (χ3n) is 5.59. The Bertz CT molecular complexity index is 1050. The third kappa shape index (κ3) is 6.05. The summed E-state index contributed by atoms with van der Waals surface area (Å²) < 4.78 is 5.77. The SMILES string of the molecule is O=C(NCc1ccc(COCc2ccccc2)cc1)c1cccc(CN2CCCC2=O)c1. The Morgan fingerprint density at radius 2 is 1.53 bits per heavy atom. The molecule has 0 spiro atoms. The number of likely N-dealkylation sites (tertiary alicyclic amines) is 1. The van der Waals surface area contributed by atoms with E-state index in [-0.39, 0.29) is 11.8 Å². The van der Waals surface area contributed by atoms with Crippen LogP contribution in [0, 0.1) is 0 Å². The molecule has 0 atom stereocenters. The first kappa shape index (κ1) is 21.8. The number of benzene rings is 3. The van der Waals surface area contributed by atoms with Crippen LogP contribution in [0.2, 0.25) is 0 Å². The van der Waals surface area contributed by atoms with Crippen LogP contribution in [0.1, 0.15) is 45.5 Å². The molecule has 1 N–H and O–H groups in total. The Balaban J connectivity index is 1.25. The van der Waals surface area contributed by atoms with Crippen molar-refractivity contribution in [3.05, 3.63) is 107 Å². The molecule has 4 rings (SSSR count). The molecule has 1 saturated heterocycles. The Hall–Kier alpha value is -3.44. The molecule has 1 fully saturated rings. The predicted molar refractivity (Wildman–Crippen MR) is 124 cm³/mol. The Morgan fingerprint density at radius 3 is 2.25 bits per heavy atom. The number of ether oxygens (including phenoxy) is 1. The van der Waals surface area contributed by atoms with Crippen LogP contribution in [0.25, 0.3) is 0 Å². The van der Waals surface area contributed by atoms with E-state index in [0.717, 1.165) is 35.2 Å². The summed E-state index contributed by atoms with van der Waals surface area (Å²) >= 11 is 0. The maximum absolute atomic E-state index is 12.6. The van der Waals surface area contributed by atoms with Gasteiger partial charge in [0.15, 0.2) is 0 Å². The van der Waals surface area contributed by atoms with E-state index in [1.54, 1.807) is 6.07 Å². The molecule has 164 valence electrons. The summed E-state index contributed by atoms with van der Waals surface area (Å²) in [6, 6.07) is 25.7. The quantitative estimate of drug-likeness (QED) is 0.548. The van der Waals surface area contributed by atoms with E-state index in [1.165, 1.54) is 0 Å². The van der Waals surface area contributed by atoms with Crippen LogP contribution in [-0.4, -0.2) is 23.3 Å². The van der Waals surface area contributed by atoms with Gasteiger partial charge in [-0.05, 0) is 40.8 Å². The molecule has 0 aliphatic carbocycles. The van der Waals surface area contributed by atoms with Crippen molar-refractivity contribution < 1.29 is 14.3 Å². The molecule has 1 heterocycles. The lowest BCUT2D eigenvalue weighted by atomic mass is 10.1. The van der Waals surface area contributed by atoms with Gasteiger partial charge in [-0.1, -0.05) is 66.7 Å². The number of nitrogens with zero attached hydrogens (tertiary/aromatic N) is 1. The minimum atomic E-state index is -0.116. The summed E-state index contributed by atoms with van der Waals surface area (Å²) in [5, 5.41) is 2.98. The number of carbonyl (C=O) groups is 2. The highest BCUT2D eigenvalue weighted by Gasteiger charge is 2.20. The lowest BCUT2D eigenvalue weighted by Crippen LogP contribution is -2.25. The van der Waals surface area contributed by atoms with E-state index in [9.17, 15) is 9.59 Å². The van der Waals surface area contributed by atoms with E-state index in [1.807, 2.05) is 77.7 Å². The Morgan fingerprint density at radius 1 is 0.844 bits per heavy atom. The fraction of sp³-hybridized carbons (Fsp3) is 0.259. The van der Waals surface area contributed by atoms with E-state index in [4.69, 9.17) is 4.74 Å². The molecule has 0 bridgehead atoms. The van der Waals surface area contributed by atoms with Crippen molar-refractivity contribution in [1.29, 1.82) is 0 Å². The molecule has 5 heteroatoms. The highest BCUT2D eigenvalue weighted by atomic mass is 16.5. The highest BCUT2D eigenvalue weighted by molar-refractivity contribution is 5.94. The van der Waals surface area contributed by atoms with Crippen molar-refractivity contribution in [2.75, 3.05) is 6.54 Å². The van der Waals surface area contributed by atoms with Gasteiger partial charge in [0, 0.05) is 31.6 Å². The standard InChI is InChI=1S/C27H28N2O3/c30-26-10-5-15-29(26)18-24-8-4-9-25(16-24)27(31)28-17-21-11-13-23(14-12-21)20-32-19-22-6-2-1-3-7-22/h1-4,6-9,11-14,16H,5,10,15,17-20H2,(H,28,31).